The van der Waals surface area contributed by atoms with Crippen LogP contribution < -0.4 is 10.6 Å². The Labute approximate surface area is 95.2 Å². The lowest BCUT2D eigenvalue weighted by atomic mass is 10.2. The van der Waals surface area contributed by atoms with Gasteiger partial charge in [0.05, 0.1) is 12.6 Å². The molecule has 0 saturated carbocycles. The summed E-state index contributed by atoms with van der Waals surface area (Å²) in [6, 6.07) is 0.346. The molecule has 0 fully saturated rings. The Morgan fingerprint density at radius 3 is 2.67 bits per heavy atom. The van der Waals surface area contributed by atoms with Crippen molar-refractivity contribution in [2.24, 2.45) is 0 Å². The smallest absolute Gasteiger partial charge is 0.142 e. The van der Waals surface area contributed by atoms with E-state index < -0.39 is 0 Å². The molecule has 86 valence electrons. The number of nitrogens with zero attached hydrogens (tertiary/aromatic N) is 2. The average molecular weight is 229 g/mol. The molecule has 15 heavy (non-hydrogen) atoms. The predicted molar refractivity (Wildman–Crippen MR) is 65.6 cm³/mol. The van der Waals surface area contributed by atoms with E-state index in [-0.39, 0.29) is 0 Å². The number of hydrogen-bond donors (Lipinski definition) is 1. The number of anilines is 2. The molecule has 4 nitrogen and oxygen atoms in total. The summed E-state index contributed by atoms with van der Waals surface area (Å²) in [5.41, 5.74) is 6.82. The molecule has 1 aromatic heterocycles. The van der Waals surface area contributed by atoms with Gasteiger partial charge in [0.1, 0.15) is 10.8 Å². The lowest BCUT2D eigenvalue weighted by Crippen LogP contribution is -2.35. The van der Waals surface area contributed by atoms with E-state index in [1.54, 1.807) is 7.11 Å². The summed E-state index contributed by atoms with van der Waals surface area (Å²) in [7, 11) is 1.72. The van der Waals surface area contributed by atoms with Gasteiger partial charge in [-0.15, -0.1) is 0 Å². The highest BCUT2D eigenvalue weighted by Crippen LogP contribution is 2.30. The maximum atomic E-state index is 5.75. The van der Waals surface area contributed by atoms with Crippen LogP contribution in [-0.4, -0.2) is 30.7 Å². The van der Waals surface area contributed by atoms with Crippen LogP contribution in [0.3, 0.4) is 0 Å². The quantitative estimate of drug-likeness (QED) is 0.837. The standard InChI is InChI=1S/C10H19N3OS/c1-5-13(7(2)6-14-4)10-8(3)9(11)12-15-10/h7H,5-6H2,1-4H3,(H2,11,12). The second-order valence-corrected chi connectivity index (χ2v) is 4.34. The van der Waals surface area contributed by atoms with Crippen LogP contribution in [-0.2, 0) is 4.74 Å². The summed E-state index contributed by atoms with van der Waals surface area (Å²) in [5, 5.41) is 1.15. The molecule has 0 spiro atoms. The van der Waals surface area contributed by atoms with Crippen molar-refractivity contribution in [3.63, 3.8) is 0 Å². The molecule has 0 aliphatic rings. The largest absolute Gasteiger partial charge is 0.383 e. The Bertz CT molecular complexity index is 314. The molecule has 0 bridgehead atoms. The molecule has 0 amide bonds. The second kappa shape index (κ2) is 5.32. The monoisotopic (exact) mass is 229 g/mol. The minimum absolute atomic E-state index is 0.346. The molecular formula is C10H19N3OS. The van der Waals surface area contributed by atoms with Crippen LogP contribution in [0.25, 0.3) is 0 Å². The number of likely N-dealkylation sites (N-methyl/N-ethyl adjacent to an activating group) is 1. The van der Waals surface area contributed by atoms with E-state index in [0.29, 0.717) is 18.5 Å². The lowest BCUT2D eigenvalue weighted by molar-refractivity contribution is 0.182. The highest BCUT2D eigenvalue weighted by Gasteiger charge is 2.18. The third-order valence-corrected chi connectivity index (χ3v) is 3.48. The fourth-order valence-corrected chi connectivity index (χ4v) is 2.57. The number of nitrogens with two attached hydrogens (primary N) is 1. The average Bonchev–Trinajstić information content (AvgIpc) is 2.51. The first-order chi connectivity index (χ1) is 7.11. The SMILES string of the molecule is CCN(c1snc(N)c1C)C(C)COC. The Balaban J connectivity index is 2.87. The van der Waals surface area contributed by atoms with Gasteiger partial charge in [0.15, 0.2) is 0 Å². The van der Waals surface area contributed by atoms with E-state index in [1.807, 2.05) is 6.92 Å². The summed E-state index contributed by atoms with van der Waals surface area (Å²) in [6.45, 7) is 7.93. The zero-order valence-electron chi connectivity index (χ0n) is 9.78. The van der Waals surface area contributed by atoms with Crippen LogP contribution in [0.15, 0.2) is 0 Å². The van der Waals surface area contributed by atoms with Crippen molar-refractivity contribution in [2.75, 3.05) is 30.9 Å². The number of rotatable bonds is 5. The molecule has 0 aliphatic carbocycles. The van der Waals surface area contributed by atoms with E-state index in [1.165, 1.54) is 11.5 Å². The molecule has 5 heteroatoms. The first-order valence-corrected chi connectivity index (χ1v) is 5.86. The molecule has 1 rings (SSSR count). The van der Waals surface area contributed by atoms with Crippen molar-refractivity contribution in [1.29, 1.82) is 0 Å². The van der Waals surface area contributed by atoms with Gasteiger partial charge in [0.2, 0.25) is 0 Å². The summed E-state index contributed by atoms with van der Waals surface area (Å²) >= 11 is 1.46. The van der Waals surface area contributed by atoms with Crippen molar-refractivity contribution in [3.05, 3.63) is 5.56 Å². The van der Waals surface area contributed by atoms with Gasteiger partial charge >= 0.3 is 0 Å². The van der Waals surface area contributed by atoms with Gasteiger partial charge in [-0.25, -0.2) is 0 Å². The van der Waals surface area contributed by atoms with Gasteiger partial charge < -0.3 is 15.4 Å². The maximum Gasteiger partial charge on any atom is 0.142 e. The highest BCUT2D eigenvalue weighted by atomic mass is 32.1. The van der Waals surface area contributed by atoms with Gasteiger partial charge in [-0.05, 0) is 32.3 Å². The van der Waals surface area contributed by atoms with E-state index in [4.69, 9.17) is 10.5 Å². The Morgan fingerprint density at radius 2 is 2.27 bits per heavy atom. The highest BCUT2D eigenvalue weighted by molar-refractivity contribution is 7.10. The molecule has 1 heterocycles. The molecule has 1 atom stereocenters. The van der Waals surface area contributed by atoms with Crippen molar-refractivity contribution in [2.45, 2.75) is 26.8 Å². The summed E-state index contributed by atoms with van der Waals surface area (Å²) in [4.78, 5) is 2.27. The van der Waals surface area contributed by atoms with Gasteiger partial charge in [-0.1, -0.05) is 0 Å². The molecular weight excluding hydrogens is 210 g/mol. The van der Waals surface area contributed by atoms with Crippen molar-refractivity contribution < 1.29 is 4.74 Å². The maximum absolute atomic E-state index is 5.75. The van der Waals surface area contributed by atoms with Gasteiger partial charge in [0.25, 0.3) is 0 Å². The fraction of sp³-hybridized carbons (Fsp3) is 0.700. The first-order valence-electron chi connectivity index (χ1n) is 5.09. The molecule has 1 unspecified atom stereocenters. The van der Waals surface area contributed by atoms with Gasteiger partial charge in [-0.3, -0.25) is 0 Å². The zero-order chi connectivity index (χ0) is 11.4. The van der Waals surface area contributed by atoms with Crippen LogP contribution >= 0.6 is 11.5 Å². The Hall–Kier alpha value is -0.810. The normalized spacial score (nSPS) is 12.8. The summed E-state index contributed by atoms with van der Waals surface area (Å²) < 4.78 is 9.33. The molecule has 0 aliphatic heterocycles. The molecule has 0 radical (unpaired) electrons. The van der Waals surface area contributed by atoms with Crippen LogP contribution in [0.4, 0.5) is 10.8 Å². The van der Waals surface area contributed by atoms with Gasteiger partial charge in [0, 0.05) is 19.2 Å². The fourth-order valence-electron chi connectivity index (χ4n) is 1.59. The van der Waals surface area contributed by atoms with E-state index in [9.17, 15) is 0 Å². The predicted octanol–water partition coefficient (Wildman–Crippen LogP) is 1.89. The number of methoxy groups -OCH3 is 1. The number of aromatic nitrogens is 1. The Kier molecular flexibility index (Phi) is 4.35. The molecule has 0 aromatic carbocycles. The summed E-state index contributed by atoms with van der Waals surface area (Å²) in [6.07, 6.45) is 0. The van der Waals surface area contributed by atoms with Crippen LogP contribution in [0.2, 0.25) is 0 Å². The first kappa shape index (κ1) is 12.3. The van der Waals surface area contributed by atoms with Crippen LogP contribution in [0.1, 0.15) is 19.4 Å². The van der Waals surface area contributed by atoms with Crippen LogP contribution in [0.5, 0.6) is 0 Å². The number of ether oxygens (including phenoxy) is 1. The molecule has 1 aromatic rings. The number of nitrogen functional groups attached to an aromatic ring is 1. The Morgan fingerprint density at radius 1 is 1.60 bits per heavy atom. The van der Waals surface area contributed by atoms with Crippen molar-refractivity contribution in [3.8, 4) is 0 Å². The zero-order valence-corrected chi connectivity index (χ0v) is 10.6. The summed E-state index contributed by atoms with van der Waals surface area (Å²) in [5.74, 6) is 0.637. The minimum atomic E-state index is 0.346. The lowest BCUT2D eigenvalue weighted by Gasteiger charge is -2.28. The molecule has 2 N–H and O–H groups in total. The third-order valence-electron chi connectivity index (χ3n) is 2.48. The van der Waals surface area contributed by atoms with E-state index in [2.05, 4.69) is 23.1 Å². The topological polar surface area (TPSA) is 51.4 Å². The van der Waals surface area contributed by atoms with Gasteiger partial charge in [-0.2, -0.15) is 4.37 Å². The van der Waals surface area contributed by atoms with Crippen LogP contribution in [0, 0.1) is 6.92 Å². The number of hydrogen-bond acceptors (Lipinski definition) is 5. The molecule has 0 saturated heterocycles. The minimum Gasteiger partial charge on any atom is -0.383 e. The third kappa shape index (κ3) is 2.60. The van der Waals surface area contributed by atoms with Crippen molar-refractivity contribution in [1.82, 2.24) is 4.37 Å². The van der Waals surface area contributed by atoms with E-state index in [0.717, 1.165) is 17.1 Å². The second-order valence-electron chi connectivity index (χ2n) is 3.59. The van der Waals surface area contributed by atoms with Crippen molar-refractivity contribution >= 4 is 22.4 Å². The van der Waals surface area contributed by atoms with E-state index >= 15 is 0 Å².